The van der Waals surface area contributed by atoms with Crippen LogP contribution in [0.1, 0.15) is 13.8 Å². The summed E-state index contributed by atoms with van der Waals surface area (Å²) in [6.45, 7) is 8.79. The molecule has 2 aromatic heterocycles. The molecule has 3 rings (SSSR count). The van der Waals surface area contributed by atoms with E-state index in [0.717, 1.165) is 26.2 Å². The lowest BCUT2D eigenvalue weighted by atomic mass is 10.1. The van der Waals surface area contributed by atoms with Gasteiger partial charge in [0.05, 0.1) is 5.52 Å². The molecule has 3 aromatic rings. The van der Waals surface area contributed by atoms with Crippen molar-refractivity contribution in [2.45, 2.75) is 20.4 Å². The molecule has 0 N–H and O–H groups in total. The van der Waals surface area contributed by atoms with Crippen LogP contribution in [-0.4, -0.2) is 34.1 Å². The lowest BCUT2D eigenvalue weighted by molar-refractivity contribution is 0.292. The molecule has 0 aliphatic rings. The van der Waals surface area contributed by atoms with Gasteiger partial charge in [-0.3, -0.25) is 4.98 Å². The number of pyridine rings is 1. The predicted molar refractivity (Wildman–Crippen MR) is 85.0 cm³/mol. The highest BCUT2D eigenvalue weighted by atomic mass is 15.1. The van der Waals surface area contributed by atoms with Crippen LogP contribution in [0.3, 0.4) is 0 Å². The van der Waals surface area contributed by atoms with Gasteiger partial charge in [-0.25, -0.2) is 0 Å². The highest BCUT2D eigenvalue weighted by Crippen LogP contribution is 2.25. The Morgan fingerprint density at radius 2 is 1.85 bits per heavy atom. The fraction of sp³-hybridized carbons (Fsp3) is 0.353. The second-order valence-corrected chi connectivity index (χ2v) is 5.14. The first-order valence-corrected chi connectivity index (χ1v) is 7.37. The molecule has 0 amide bonds. The van der Waals surface area contributed by atoms with Crippen LogP contribution in [0.4, 0.5) is 0 Å². The third-order valence-electron chi connectivity index (χ3n) is 4.10. The molecule has 0 fully saturated rings. The molecule has 3 heteroatoms. The van der Waals surface area contributed by atoms with Crippen molar-refractivity contribution in [1.29, 1.82) is 0 Å². The molecule has 0 bridgehead atoms. The third kappa shape index (κ3) is 2.29. The zero-order chi connectivity index (χ0) is 13.9. The van der Waals surface area contributed by atoms with E-state index in [-0.39, 0.29) is 0 Å². The zero-order valence-corrected chi connectivity index (χ0v) is 12.2. The van der Waals surface area contributed by atoms with Gasteiger partial charge >= 0.3 is 0 Å². The van der Waals surface area contributed by atoms with Crippen molar-refractivity contribution < 1.29 is 0 Å². The molecule has 104 valence electrons. The van der Waals surface area contributed by atoms with Crippen molar-refractivity contribution in [3.05, 3.63) is 42.9 Å². The molecule has 0 saturated heterocycles. The highest BCUT2D eigenvalue weighted by molar-refractivity contribution is 6.05. The van der Waals surface area contributed by atoms with Crippen LogP contribution < -0.4 is 0 Å². The molecule has 0 aliphatic heterocycles. The van der Waals surface area contributed by atoms with E-state index in [4.69, 9.17) is 0 Å². The number of aromatic nitrogens is 2. The first-order chi connectivity index (χ1) is 9.83. The van der Waals surface area contributed by atoms with Gasteiger partial charge in [0.15, 0.2) is 0 Å². The largest absolute Gasteiger partial charge is 0.346 e. The van der Waals surface area contributed by atoms with Crippen molar-refractivity contribution in [2.24, 2.45) is 0 Å². The van der Waals surface area contributed by atoms with Gasteiger partial charge in [0.2, 0.25) is 0 Å². The minimum absolute atomic E-state index is 1.03. The van der Waals surface area contributed by atoms with E-state index in [1.807, 2.05) is 12.4 Å². The molecular weight excluding hydrogens is 246 g/mol. The molecule has 2 heterocycles. The first-order valence-electron chi connectivity index (χ1n) is 7.37. The number of rotatable bonds is 5. The number of likely N-dealkylation sites (N-methyl/N-ethyl adjacent to an activating group) is 1. The maximum Gasteiger partial charge on any atom is 0.0561 e. The smallest absolute Gasteiger partial charge is 0.0561 e. The predicted octanol–water partition coefficient (Wildman–Crippen LogP) is 3.53. The highest BCUT2D eigenvalue weighted by Gasteiger charge is 2.07. The standard InChI is InChI=1S/C17H21N3/c1-3-19(4-2)11-12-20-10-8-14-5-6-15-13-18-9-7-16(15)17(14)20/h5-10,13H,3-4,11-12H2,1-2H3. The van der Waals surface area contributed by atoms with E-state index >= 15 is 0 Å². The van der Waals surface area contributed by atoms with Crippen LogP contribution in [0.5, 0.6) is 0 Å². The van der Waals surface area contributed by atoms with Gasteiger partial charge < -0.3 is 9.47 Å². The molecule has 3 nitrogen and oxygen atoms in total. The van der Waals surface area contributed by atoms with E-state index < -0.39 is 0 Å². The van der Waals surface area contributed by atoms with Crippen LogP contribution in [0.2, 0.25) is 0 Å². The van der Waals surface area contributed by atoms with Crippen molar-refractivity contribution in [3.63, 3.8) is 0 Å². The Morgan fingerprint density at radius 1 is 1.05 bits per heavy atom. The zero-order valence-electron chi connectivity index (χ0n) is 12.2. The third-order valence-corrected chi connectivity index (χ3v) is 4.10. The van der Waals surface area contributed by atoms with Crippen LogP contribution in [0, 0.1) is 0 Å². The Hall–Kier alpha value is -1.87. The van der Waals surface area contributed by atoms with Gasteiger partial charge in [-0.15, -0.1) is 0 Å². The number of benzene rings is 1. The van der Waals surface area contributed by atoms with Crippen molar-refractivity contribution in [3.8, 4) is 0 Å². The molecule has 0 aliphatic carbocycles. The minimum atomic E-state index is 1.03. The second kappa shape index (κ2) is 5.63. The Balaban J connectivity index is 2.01. The summed E-state index contributed by atoms with van der Waals surface area (Å²) >= 11 is 0. The molecule has 0 spiro atoms. The topological polar surface area (TPSA) is 21.1 Å². The summed E-state index contributed by atoms with van der Waals surface area (Å²) in [5.41, 5.74) is 1.33. The lowest BCUT2D eigenvalue weighted by Crippen LogP contribution is -2.26. The first kappa shape index (κ1) is 13.1. The van der Waals surface area contributed by atoms with E-state index in [0.29, 0.717) is 0 Å². The fourth-order valence-electron chi connectivity index (χ4n) is 2.84. The van der Waals surface area contributed by atoms with Crippen LogP contribution in [-0.2, 0) is 6.54 Å². The van der Waals surface area contributed by atoms with Crippen LogP contribution in [0.15, 0.2) is 42.9 Å². The fourth-order valence-corrected chi connectivity index (χ4v) is 2.84. The van der Waals surface area contributed by atoms with Gasteiger partial charge in [-0.05, 0) is 25.2 Å². The van der Waals surface area contributed by atoms with E-state index in [1.165, 1.54) is 21.7 Å². The average Bonchev–Trinajstić information content (AvgIpc) is 2.92. The monoisotopic (exact) mass is 267 g/mol. The molecule has 1 aromatic carbocycles. The minimum Gasteiger partial charge on any atom is -0.346 e. The molecular formula is C17H21N3. The van der Waals surface area contributed by atoms with Crippen molar-refractivity contribution >= 4 is 21.7 Å². The number of hydrogen-bond donors (Lipinski definition) is 0. The number of hydrogen-bond acceptors (Lipinski definition) is 2. The summed E-state index contributed by atoms with van der Waals surface area (Å²) in [6.07, 6.45) is 6.02. The maximum atomic E-state index is 4.22. The summed E-state index contributed by atoms with van der Waals surface area (Å²) in [5, 5.41) is 3.81. The van der Waals surface area contributed by atoms with Crippen molar-refractivity contribution in [2.75, 3.05) is 19.6 Å². The maximum absolute atomic E-state index is 4.22. The summed E-state index contributed by atoms with van der Waals surface area (Å²) < 4.78 is 2.37. The molecule has 0 saturated carbocycles. The molecule has 0 radical (unpaired) electrons. The van der Waals surface area contributed by atoms with E-state index in [1.54, 1.807) is 0 Å². The molecule has 20 heavy (non-hydrogen) atoms. The summed E-state index contributed by atoms with van der Waals surface area (Å²) in [6, 6.07) is 8.66. The van der Waals surface area contributed by atoms with Gasteiger partial charge in [0.25, 0.3) is 0 Å². The second-order valence-electron chi connectivity index (χ2n) is 5.14. The van der Waals surface area contributed by atoms with Crippen molar-refractivity contribution in [1.82, 2.24) is 14.5 Å². The Bertz CT molecular complexity index is 710. The van der Waals surface area contributed by atoms with E-state index in [2.05, 4.69) is 58.8 Å². The summed E-state index contributed by atoms with van der Waals surface area (Å²) in [7, 11) is 0. The lowest BCUT2D eigenvalue weighted by Gasteiger charge is -2.18. The van der Waals surface area contributed by atoms with E-state index in [9.17, 15) is 0 Å². The quantitative estimate of drug-likeness (QED) is 0.705. The summed E-state index contributed by atoms with van der Waals surface area (Å²) in [4.78, 5) is 6.67. The van der Waals surface area contributed by atoms with Gasteiger partial charge in [0, 0.05) is 47.8 Å². The summed E-state index contributed by atoms with van der Waals surface area (Å²) in [5.74, 6) is 0. The van der Waals surface area contributed by atoms with Gasteiger partial charge in [-0.2, -0.15) is 0 Å². The average molecular weight is 267 g/mol. The van der Waals surface area contributed by atoms with Crippen LogP contribution in [0.25, 0.3) is 21.7 Å². The van der Waals surface area contributed by atoms with Gasteiger partial charge in [-0.1, -0.05) is 26.0 Å². The van der Waals surface area contributed by atoms with Crippen LogP contribution >= 0.6 is 0 Å². The number of fused-ring (bicyclic) bond motifs is 3. The SMILES string of the molecule is CCN(CC)CCn1ccc2ccc3cnccc3c21. The Labute approximate surface area is 119 Å². The normalized spacial score (nSPS) is 11.8. The Morgan fingerprint density at radius 3 is 2.65 bits per heavy atom. The van der Waals surface area contributed by atoms with Gasteiger partial charge in [0.1, 0.15) is 0 Å². The molecule has 0 unspecified atom stereocenters. The molecule has 0 atom stereocenters. The number of nitrogens with zero attached hydrogens (tertiary/aromatic N) is 3. The Kier molecular flexibility index (Phi) is 3.70.